The topological polar surface area (TPSA) is 63.2 Å². The summed E-state index contributed by atoms with van der Waals surface area (Å²) in [5.74, 6) is 1.58. The van der Waals surface area contributed by atoms with Crippen LogP contribution < -0.4 is 5.32 Å². The average molecular weight is 370 g/mol. The Hall–Kier alpha value is -1.31. The highest BCUT2D eigenvalue weighted by molar-refractivity contribution is 7.98. The fourth-order valence-corrected chi connectivity index (χ4v) is 4.50. The number of thiophene rings is 1. The smallest absolute Gasteiger partial charge is 0.251 e. The molecule has 23 heavy (non-hydrogen) atoms. The van der Waals surface area contributed by atoms with E-state index in [2.05, 4.69) is 16.8 Å². The molecule has 0 aliphatic heterocycles. The van der Waals surface area contributed by atoms with E-state index in [-0.39, 0.29) is 11.7 Å². The van der Waals surface area contributed by atoms with Crippen molar-refractivity contribution < 1.29 is 13.2 Å². The van der Waals surface area contributed by atoms with Crippen molar-refractivity contribution >= 4 is 38.8 Å². The molecule has 124 valence electrons. The van der Waals surface area contributed by atoms with Gasteiger partial charge in [0, 0.05) is 34.7 Å². The quantitative estimate of drug-likeness (QED) is 0.727. The van der Waals surface area contributed by atoms with E-state index in [0.717, 1.165) is 11.5 Å². The number of hydrogen-bond acceptors (Lipinski definition) is 5. The highest BCUT2D eigenvalue weighted by Crippen LogP contribution is 2.16. The Bertz CT molecular complexity index is 740. The largest absolute Gasteiger partial charge is 0.351 e. The van der Waals surface area contributed by atoms with E-state index in [9.17, 15) is 13.2 Å². The predicted molar refractivity (Wildman–Crippen MR) is 97.8 cm³/mol. The van der Waals surface area contributed by atoms with Gasteiger partial charge >= 0.3 is 0 Å². The lowest BCUT2D eigenvalue weighted by molar-refractivity contribution is 0.0956. The van der Waals surface area contributed by atoms with Gasteiger partial charge in [-0.15, -0.1) is 11.3 Å². The Kier molecular flexibility index (Phi) is 6.68. The molecular weight excluding hydrogens is 350 g/mol. The summed E-state index contributed by atoms with van der Waals surface area (Å²) in [6.45, 7) is 0.588. The summed E-state index contributed by atoms with van der Waals surface area (Å²) in [6, 6.07) is 10.9. The van der Waals surface area contributed by atoms with E-state index in [1.54, 1.807) is 47.4 Å². The standard InChI is InChI=1S/C16H19NO3S3/c1-23(19,20)12-13-4-2-5-14(10-13)16(18)17-7-9-21-11-15-6-3-8-22-15/h2-6,8,10H,7,9,11-12H2,1H3,(H,17,18). The minimum Gasteiger partial charge on any atom is -0.351 e. The number of rotatable bonds is 8. The van der Waals surface area contributed by atoms with Gasteiger partial charge in [-0.1, -0.05) is 18.2 Å². The van der Waals surface area contributed by atoms with E-state index in [1.807, 2.05) is 6.07 Å². The molecule has 0 bridgehead atoms. The van der Waals surface area contributed by atoms with E-state index in [0.29, 0.717) is 17.7 Å². The molecule has 4 nitrogen and oxygen atoms in total. The van der Waals surface area contributed by atoms with Crippen LogP contribution in [0.3, 0.4) is 0 Å². The summed E-state index contributed by atoms with van der Waals surface area (Å²) in [5, 5.41) is 4.92. The van der Waals surface area contributed by atoms with E-state index >= 15 is 0 Å². The Morgan fingerprint density at radius 2 is 2.09 bits per heavy atom. The molecular formula is C16H19NO3S3. The van der Waals surface area contributed by atoms with Crippen LogP contribution in [0.15, 0.2) is 41.8 Å². The number of thioether (sulfide) groups is 1. The predicted octanol–water partition coefficient (Wildman–Crippen LogP) is 2.96. The number of benzene rings is 1. The van der Waals surface area contributed by atoms with Crippen molar-refractivity contribution in [3.63, 3.8) is 0 Å². The zero-order chi connectivity index (χ0) is 16.7. The van der Waals surface area contributed by atoms with Crippen LogP contribution in [-0.4, -0.2) is 32.9 Å². The van der Waals surface area contributed by atoms with Crippen LogP contribution in [-0.2, 0) is 21.3 Å². The zero-order valence-electron chi connectivity index (χ0n) is 12.8. The number of sulfone groups is 1. The summed E-state index contributed by atoms with van der Waals surface area (Å²) in [6.07, 6.45) is 1.19. The number of amides is 1. The van der Waals surface area contributed by atoms with Gasteiger partial charge in [-0.25, -0.2) is 8.42 Å². The second-order valence-electron chi connectivity index (χ2n) is 5.16. The van der Waals surface area contributed by atoms with Gasteiger partial charge in [-0.05, 0) is 29.1 Å². The molecule has 2 aromatic rings. The first kappa shape index (κ1) is 18.0. The Morgan fingerprint density at radius 1 is 1.26 bits per heavy atom. The van der Waals surface area contributed by atoms with Gasteiger partial charge in [0.2, 0.25) is 0 Å². The van der Waals surface area contributed by atoms with Crippen molar-refractivity contribution in [2.75, 3.05) is 18.6 Å². The van der Waals surface area contributed by atoms with Gasteiger partial charge in [-0.3, -0.25) is 4.79 Å². The SMILES string of the molecule is CS(=O)(=O)Cc1cccc(C(=O)NCCSCc2cccs2)c1. The molecule has 0 unspecified atom stereocenters. The Morgan fingerprint density at radius 3 is 2.78 bits per heavy atom. The second kappa shape index (κ2) is 8.52. The summed E-state index contributed by atoms with van der Waals surface area (Å²) >= 11 is 3.51. The normalized spacial score (nSPS) is 11.3. The minimum absolute atomic E-state index is 0.0508. The summed E-state index contributed by atoms with van der Waals surface area (Å²) in [4.78, 5) is 13.4. The van der Waals surface area contributed by atoms with Gasteiger partial charge in [0.05, 0.1) is 5.75 Å². The maximum Gasteiger partial charge on any atom is 0.251 e. The van der Waals surface area contributed by atoms with Crippen molar-refractivity contribution in [3.05, 3.63) is 57.8 Å². The third-order valence-electron chi connectivity index (χ3n) is 2.97. The van der Waals surface area contributed by atoms with Crippen molar-refractivity contribution in [2.24, 2.45) is 0 Å². The molecule has 1 amide bonds. The third kappa shape index (κ3) is 6.76. The van der Waals surface area contributed by atoms with Crippen molar-refractivity contribution in [3.8, 4) is 0 Å². The Balaban J connectivity index is 1.78. The van der Waals surface area contributed by atoms with Gasteiger partial charge < -0.3 is 5.32 Å². The monoisotopic (exact) mass is 369 g/mol. The van der Waals surface area contributed by atoms with Crippen LogP contribution >= 0.6 is 23.1 Å². The number of nitrogens with one attached hydrogen (secondary N) is 1. The molecule has 0 fully saturated rings. The van der Waals surface area contributed by atoms with Gasteiger partial charge in [0.1, 0.15) is 0 Å². The molecule has 0 saturated carbocycles. The molecule has 0 aliphatic rings. The number of carbonyl (C=O) groups is 1. The van der Waals surface area contributed by atoms with Crippen LogP contribution in [0.2, 0.25) is 0 Å². The number of carbonyl (C=O) groups excluding carboxylic acids is 1. The minimum atomic E-state index is -3.10. The molecule has 7 heteroatoms. The highest BCUT2D eigenvalue weighted by atomic mass is 32.2. The molecule has 0 radical (unpaired) electrons. The third-order valence-corrected chi connectivity index (χ3v) is 5.90. The molecule has 0 atom stereocenters. The van der Waals surface area contributed by atoms with Crippen molar-refractivity contribution in [2.45, 2.75) is 11.5 Å². The summed E-state index contributed by atoms with van der Waals surface area (Å²) < 4.78 is 22.6. The summed E-state index contributed by atoms with van der Waals surface area (Å²) in [5.41, 5.74) is 1.13. The molecule has 1 aromatic carbocycles. The van der Waals surface area contributed by atoms with E-state index in [1.165, 1.54) is 11.1 Å². The second-order valence-corrected chi connectivity index (χ2v) is 9.44. The first-order valence-corrected chi connectivity index (χ1v) is 11.2. The van der Waals surface area contributed by atoms with Crippen LogP contribution in [0.4, 0.5) is 0 Å². The van der Waals surface area contributed by atoms with Crippen molar-refractivity contribution in [1.29, 1.82) is 0 Å². The van der Waals surface area contributed by atoms with Gasteiger partial charge in [-0.2, -0.15) is 11.8 Å². The molecule has 1 N–H and O–H groups in total. The molecule has 0 aliphatic carbocycles. The molecule has 0 saturated heterocycles. The van der Waals surface area contributed by atoms with Gasteiger partial charge in [0.15, 0.2) is 9.84 Å². The summed E-state index contributed by atoms with van der Waals surface area (Å²) in [7, 11) is -3.10. The lowest BCUT2D eigenvalue weighted by Crippen LogP contribution is -2.25. The lowest BCUT2D eigenvalue weighted by Gasteiger charge is -2.06. The van der Waals surface area contributed by atoms with E-state index < -0.39 is 9.84 Å². The van der Waals surface area contributed by atoms with Crippen molar-refractivity contribution in [1.82, 2.24) is 5.32 Å². The maximum atomic E-state index is 12.1. The first-order chi connectivity index (χ1) is 10.9. The molecule has 1 heterocycles. The fourth-order valence-electron chi connectivity index (χ4n) is 2.01. The lowest BCUT2D eigenvalue weighted by atomic mass is 10.1. The average Bonchev–Trinajstić information content (AvgIpc) is 2.98. The molecule has 0 spiro atoms. The van der Waals surface area contributed by atoms with Crippen LogP contribution in [0.1, 0.15) is 20.8 Å². The fraction of sp³-hybridized carbons (Fsp3) is 0.312. The highest BCUT2D eigenvalue weighted by Gasteiger charge is 2.09. The molecule has 2 rings (SSSR count). The van der Waals surface area contributed by atoms with Crippen LogP contribution in [0.25, 0.3) is 0 Å². The van der Waals surface area contributed by atoms with E-state index in [4.69, 9.17) is 0 Å². The molecule has 1 aromatic heterocycles. The van der Waals surface area contributed by atoms with Crippen LogP contribution in [0, 0.1) is 0 Å². The van der Waals surface area contributed by atoms with Crippen LogP contribution in [0.5, 0.6) is 0 Å². The number of hydrogen-bond donors (Lipinski definition) is 1. The zero-order valence-corrected chi connectivity index (χ0v) is 15.3. The Labute approximate surface area is 145 Å². The first-order valence-electron chi connectivity index (χ1n) is 7.09. The maximum absolute atomic E-state index is 12.1. The van der Waals surface area contributed by atoms with Gasteiger partial charge in [0.25, 0.3) is 5.91 Å².